The van der Waals surface area contributed by atoms with Gasteiger partial charge in [-0.25, -0.2) is 0 Å². The van der Waals surface area contributed by atoms with Crippen molar-refractivity contribution >= 4 is 23.5 Å². The molecule has 0 aliphatic carbocycles. The molecule has 0 bridgehead atoms. The van der Waals surface area contributed by atoms with Crippen LogP contribution in [-0.4, -0.2) is 37.0 Å². The number of hydrogen-bond acceptors (Lipinski definition) is 3. The van der Waals surface area contributed by atoms with Crippen LogP contribution in [0.25, 0.3) is 0 Å². The van der Waals surface area contributed by atoms with Gasteiger partial charge in [0.15, 0.2) is 0 Å². The zero-order chi connectivity index (χ0) is 14.3. The molecule has 0 atom stereocenters. The van der Waals surface area contributed by atoms with Gasteiger partial charge in [0.05, 0.1) is 13.5 Å². The Morgan fingerprint density at radius 3 is 2.53 bits per heavy atom. The molecule has 0 heterocycles. The quantitative estimate of drug-likeness (QED) is 0.595. The highest BCUT2D eigenvalue weighted by molar-refractivity contribution is 6.30. The van der Waals surface area contributed by atoms with Crippen molar-refractivity contribution < 1.29 is 14.3 Å². The molecule has 0 saturated carbocycles. The van der Waals surface area contributed by atoms with Gasteiger partial charge < -0.3 is 9.64 Å². The van der Waals surface area contributed by atoms with Gasteiger partial charge in [0.1, 0.15) is 0 Å². The third-order valence-corrected chi connectivity index (χ3v) is 2.79. The molecule has 4 nitrogen and oxygen atoms in total. The predicted molar refractivity (Wildman–Crippen MR) is 74.2 cm³/mol. The summed E-state index contributed by atoms with van der Waals surface area (Å²) in [5.74, 6) is -0.515. The van der Waals surface area contributed by atoms with Crippen molar-refractivity contribution in [2.75, 3.05) is 20.2 Å². The van der Waals surface area contributed by atoms with Crippen molar-refractivity contribution in [2.24, 2.45) is 0 Å². The van der Waals surface area contributed by atoms with Gasteiger partial charge in [-0.3, -0.25) is 9.59 Å². The second kappa shape index (κ2) is 7.59. The summed E-state index contributed by atoms with van der Waals surface area (Å²) in [7, 11) is 1.32. The third kappa shape index (κ3) is 4.75. The highest BCUT2D eigenvalue weighted by Gasteiger charge is 2.15. The zero-order valence-corrected chi connectivity index (χ0v) is 11.5. The molecule has 0 aliphatic heterocycles. The number of esters is 1. The number of rotatable bonds is 6. The minimum absolute atomic E-state index is 0.156. The van der Waals surface area contributed by atoms with Gasteiger partial charge >= 0.3 is 5.97 Å². The minimum atomic E-state index is -0.349. The topological polar surface area (TPSA) is 46.6 Å². The standard InChI is InChI=1S/C14H16ClNO3/c1-3-9-16(10-8-13(17)19-2)14(18)11-4-6-12(15)7-5-11/h3-7H,1,8-10H2,2H3. The van der Waals surface area contributed by atoms with E-state index in [4.69, 9.17) is 11.6 Å². The maximum Gasteiger partial charge on any atom is 0.307 e. The summed E-state index contributed by atoms with van der Waals surface area (Å²) in [5.41, 5.74) is 0.524. The van der Waals surface area contributed by atoms with Crippen LogP contribution in [0.2, 0.25) is 5.02 Å². The summed E-state index contributed by atoms with van der Waals surface area (Å²) < 4.78 is 4.56. The van der Waals surface area contributed by atoms with Crippen LogP contribution in [0.15, 0.2) is 36.9 Å². The Labute approximate surface area is 117 Å². The van der Waals surface area contributed by atoms with E-state index in [9.17, 15) is 9.59 Å². The second-order valence-corrected chi connectivity index (χ2v) is 4.31. The lowest BCUT2D eigenvalue weighted by Gasteiger charge is -2.20. The summed E-state index contributed by atoms with van der Waals surface area (Å²) in [6, 6.07) is 6.61. The van der Waals surface area contributed by atoms with E-state index < -0.39 is 0 Å². The Morgan fingerprint density at radius 1 is 1.37 bits per heavy atom. The molecule has 102 valence electrons. The molecular formula is C14H16ClNO3. The summed E-state index contributed by atoms with van der Waals surface area (Å²) in [6.07, 6.45) is 1.77. The molecule has 1 aromatic rings. The van der Waals surface area contributed by atoms with E-state index >= 15 is 0 Å². The highest BCUT2D eigenvalue weighted by Crippen LogP contribution is 2.12. The van der Waals surface area contributed by atoms with Crippen molar-refractivity contribution in [2.45, 2.75) is 6.42 Å². The average Bonchev–Trinajstić information content (AvgIpc) is 2.43. The monoisotopic (exact) mass is 281 g/mol. The molecule has 1 amide bonds. The van der Waals surface area contributed by atoms with Gasteiger partial charge in [-0.2, -0.15) is 0 Å². The number of hydrogen-bond donors (Lipinski definition) is 0. The van der Waals surface area contributed by atoms with Crippen LogP contribution in [0.1, 0.15) is 16.8 Å². The number of carbonyl (C=O) groups excluding carboxylic acids is 2. The fraction of sp³-hybridized carbons (Fsp3) is 0.286. The van der Waals surface area contributed by atoms with E-state index in [1.165, 1.54) is 12.0 Å². The molecule has 5 heteroatoms. The van der Waals surface area contributed by atoms with Crippen LogP contribution < -0.4 is 0 Å². The number of halogens is 1. The highest BCUT2D eigenvalue weighted by atomic mass is 35.5. The average molecular weight is 282 g/mol. The molecule has 0 aromatic heterocycles. The first-order valence-corrected chi connectivity index (χ1v) is 6.19. The van der Waals surface area contributed by atoms with Crippen LogP contribution in [0.3, 0.4) is 0 Å². The van der Waals surface area contributed by atoms with Crippen LogP contribution in [0, 0.1) is 0 Å². The smallest absolute Gasteiger partial charge is 0.307 e. The van der Waals surface area contributed by atoms with Gasteiger partial charge in [0.2, 0.25) is 0 Å². The van der Waals surface area contributed by atoms with Gasteiger partial charge in [0, 0.05) is 23.7 Å². The number of amides is 1. The van der Waals surface area contributed by atoms with Crippen molar-refractivity contribution in [3.8, 4) is 0 Å². The van der Waals surface area contributed by atoms with Gasteiger partial charge in [-0.1, -0.05) is 17.7 Å². The molecule has 0 unspecified atom stereocenters. The second-order valence-electron chi connectivity index (χ2n) is 3.87. The minimum Gasteiger partial charge on any atom is -0.469 e. The van der Waals surface area contributed by atoms with Gasteiger partial charge in [0.25, 0.3) is 5.91 Å². The Bertz CT molecular complexity index is 456. The van der Waals surface area contributed by atoms with Crippen molar-refractivity contribution in [1.82, 2.24) is 4.90 Å². The van der Waals surface area contributed by atoms with Crippen molar-refractivity contribution in [3.63, 3.8) is 0 Å². The number of benzene rings is 1. The number of methoxy groups -OCH3 is 1. The first-order chi connectivity index (χ1) is 9.08. The van der Waals surface area contributed by atoms with Gasteiger partial charge in [-0.05, 0) is 24.3 Å². The molecule has 0 saturated heterocycles. The number of ether oxygens (including phenoxy) is 1. The Hall–Kier alpha value is -1.81. The molecular weight excluding hydrogens is 266 g/mol. The largest absolute Gasteiger partial charge is 0.469 e. The fourth-order valence-corrected chi connectivity index (χ4v) is 1.66. The summed E-state index contributed by atoms with van der Waals surface area (Å²) >= 11 is 5.78. The summed E-state index contributed by atoms with van der Waals surface area (Å²) in [4.78, 5) is 24.9. The molecule has 1 rings (SSSR count). The summed E-state index contributed by atoms with van der Waals surface area (Å²) in [6.45, 7) is 4.27. The van der Waals surface area contributed by atoms with E-state index in [1.54, 1.807) is 30.3 Å². The van der Waals surface area contributed by atoms with Gasteiger partial charge in [-0.15, -0.1) is 6.58 Å². The lowest BCUT2D eigenvalue weighted by molar-refractivity contribution is -0.140. The van der Waals surface area contributed by atoms with Crippen LogP contribution in [0.4, 0.5) is 0 Å². The Morgan fingerprint density at radius 2 is 2.00 bits per heavy atom. The van der Waals surface area contributed by atoms with Crippen molar-refractivity contribution in [1.29, 1.82) is 0 Å². The van der Waals surface area contributed by atoms with Crippen LogP contribution in [-0.2, 0) is 9.53 Å². The predicted octanol–water partition coefficient (Wildman–Crippen LogP) is 2.53. The van der Waals surface area contributed by atoms with Crippen LogP contribution in [0.5, 0.6) is 0 Å². The normalized spacial score (nSPS) is 9.79. The van der Waals surface area contributed by atoms with E-state index in [0.717, 1.165) is 0 Å². The number of nitrogens with zero attached hydrogens (tertiary/aromatic N) is 1. The van der Waals surface area contributed by atoms with E-state index in [0.29, 0.717) is 23.7 Å². The lowest BCUT2D eigenvalue weighted by atomic mass is 10.2. The molecule has 1 aromatic carbocycles. The third-order valence-electron chi connectivity index (χ3n) is 2.54. The fourth-order valence-electron chi connectivity index (χ4n) is 1.53. The van der Waals surface area contributed by atoms with Crippen LogP contribution >= 0.6 is 11.6 Å². The first-order valence-electron chi connectivity index (χ1n) is 5.81. The Kier molecular flexibility index (Phi) is 6.09. The molecule has 0 N–H and O–H groups in total. The Balaban J connectivity index is 2.74. The molecule has 19 heavy (non-hydrogen) atoms. The van der Waals surface area contributed by atoms with E-state index in [1.807, 2.05) is 0 Å². The van der Waals surface area contributed by atoms with E-state index in [2.05, 4.69) is 11.3 Å². The molecule has 0 fully saturated rings. The maximum absolute atomic E-state index is 12.2. The molecule has 0 spiro atoms. The number of carbonyl (C=O) groups is 2. The lowest BCUT2D eigenvalue weighted by Crippen LogP contribution is -2.33. The van der Waals surface area contributed by atoms with E-state index in [-0.39, 0.29) is 18.3 Å². The van der Waals surface area contributed by atoms with Crippen molar-refractivity contribution in [3.05, 3.63) is 47.5 Å². The zero-order valence-electron chi connectivity index (χ0n) is 10.8. The maximum atomic E-state index is 12.2. The SMILES string of the molecule is C=CCN(CCC(=O)OC)C(=O)c1ccc(Cl)cc1. The molecule has 0 aliphatic rings. The first kappa shape index (κ1) is 15.2. The summed E-state index contributed by atoms with van der Waals surface area (Å²) in [5, 5.41) is 0.571. The molecule has 0 radical (unpaired) electrons.